The summed E-state index contributed by atoms with van der Waals surface area (Å²) < 4.78 is 37.5. The average molecular weight is 615 g/mol. The Kier molecular flexibility index (Phi) is 18.4. The molecule has 0 saturated heterocycles. The smallest absolute Gasteiger partial charge is 0.416 e. The van der Waals surface area contributed by atoms with Crippen LogP contribution in [0.5, 0.6) is 0 Å². The fourth-order valence-corrected chi connectivity index (χ4v) is 2.96. The number of rotatable bonds is 14. The van der Waals surface area contributed by atoms with Crippen LogP contribution in [-0.4, -0.2) is 72.8 Å². The summed E-state index contributed by atoms with van der Waals surface area (Å²) in [5.74, 6) is -5.21. The highest BCUT2D eigenvalue weighted by Crippen LogP contribution is 2.29. The van der Waals surface area contributed by atoms with Crippen molar-refractivity contribution in [2.45, 2.75) is 51.2 Å². The third-order valence-electron chi connectivity index (χ3n) is 4.97. The molecule has 2 aromatic rings. The van der Waals surface area contributed by atoms with Crippen molar-refractivity contribution in [2.75, 3.05) is 11.9 Å². The number of imidazole rings is 1. The van der Waals surface area contributed by atoms with Gasteiger partial charge in [0.15, 0.2) is 0 Å². The first kappa shape index (κ1) is 38.0. The molecule has 1 unspecified atom stereocenters. The van der Waals surface area contributed by atoms with Crippen molar-refractivity contribution in [3.63, 3.8) is 0 Å². The number of halogens is 3. The number of aromatic amines is 1. The molecular weight excluding hydrogens is 581 g/mol. The standard InChI is InChI=1S/C19H25F3N4O.2C4H4O4/c1-14(24-11-10-17-12-23-13-25-17)4-2-3-5-18(27)26-16-8-6-15(7-9-16)19(20,21)22;2*5-3(6)1-2-4(7)8/h6-9,12-14,24H,2-5,10-11H2,1H3,(H,23,25)(H,26,27);2*1-2H,(H,5,6)(H,7,8)/b;2*2-1-. The second kappa shape index (κ2) is 20.8. The van der Waals surface area contributed by atoms with Crippen LogP contribution in [0.1, 0.15) is 43.9 Å². The van der Waals surface area contributed by atoms with Crippen LogP contribution in [0.25, 0.3) is 0 Å². The Morgan fingerprint density at radius 2 is 1.40 bits per heavy atom. The summed E-state index contributed by atoms with van der Waals surface area (Å²) in [6.07, 6.45) is 5.16. The molecule has 2 rings (SSSR count). The zero-order valence-corrected chi connectivity index (χ0v) is 23.0. The highest BCUT2D eigenvalue weighted by atomic mass is 19.4. The van der Waals surface area contributed by atoms with Crippen molar-refractivity contribution in [2.24, 2.45) is 0 Å². The number of aliphatic carboxylic acids is 4. The Labute approximate surface area is 244 Å². The van der Waals surface area contributed by atoms with Crippen LogP contribution in [-0.2, 0) is 36.6 Å². The topological polar surface area (TPSA) is 219 Å². The van der Waals surface area contributed by atoms with E-state index in [2.05, 4.69) is 27.5 Å². The van der Waals surface area contributed by atoms with Gasteiger partial charge in [-0.1, -0.05) is 6.42 Å². The number of anilines is 1. The molecule has 236 valence electrons. The first-order valence-electron chi connectivity index (χ1n) is 12.6. The molecule has 13 nitrogen and oxygen atoms in total. The molecule has 0 aliphatic rings. The minimum atomic E-state index is -4.37. The molecule has 1 aromatic heterocycles. The van der Waals surface area contributed by atoms with Crippen molar-refractivity contribution in [3.8, 4) is 0 Å². The van der Waals surface area contributed by atoms with E-state index in [9.17, 15) is 37.1 Å². The van der Waals surface area contributed by atoms with Gasteiger partial charge in [0.05, 0.1) is 11.9 Å². The van der Waals surface area contributed by atoms with E-state index in [1.54, 1.807) is 6.33 Å². The van der Waals surface area contributed by atoms with E-state index in [1.807, 2.05) is 6.20 Å². The fourth-order valence-electron chi connectivity index (χ4n) is 2.96. The van der Waals surface area contributed by atoms with Crippen LogP contribution in [0.15, 0.2) is 61.1 Å². The van der Waals surface area contributed by atoms with Gasteiger partial charge in [-0.2, -0.15) is 13.2 Å². The quantitative estimate of drug-likeness (QED) is 0.120. The van der Waals surface area contributed by atoms with E-state index in [0.717, 1.165) is 50.1 Å². The van der Waals surface area contributed by atoms with E-state index in [4.69, 9.17) is 20.4 Å². The predicted molar refractivity (Wildman–Crippen MR) is 147 cm³/mol. The lowest BCUT2D eigenvalue weighted by atomic mass is 10.1. The fraction of sp³-hybridized carbons (Fsp3) is 0.333. The monoisotopic (exact) mass is 614 g/mol. The minimum Gasteiger partial charge on any atom is -0.478 e. The van der Waals surface area contributed by atoms with Gasteiger partial charge in [-0.15, -0.1) is 0 Å². The van der Waals surface area contributed by atoms with E-state index < -0.39 is 35.6 Å². The summed E-state index contributed by atoms with van der Waals surface area (Å²) in [6.45, 7) is 2.97. The number of H-pyrrole nitrogens is 1. The number of unbranched alkanes of at least 4 members (excludes halogenated alkanes) is 1. The van der Waals surface area contributed by atoms with Crippen LogP contribution >= 0.6 is 0 Å². The number of carboxylic acids is 4. The van der Waals surface area contributed by atoms with Crippen molar-refractivity contribution in [1.82, 2.24) is 15.3 Å². The summed E-state index contributed by atoms with van der Waals surface area (Å²) in [4.78, 5) is 57.1. The molecule has 0 aliphatic carbocycles. The maximum Gasteiger partial charge on any atom is 0.416 e. The number of carbonyl (C=O) groups is 5. The van der Waals surface area contributed by atoms with Gasteiger partial charge in [0.25, 0.3) is 0 Å². The third kappa shape index (κ3) is 22.4. The largest absolute Gasteiger partial charge is 0.478 e. The Bertz CT molecular complexity index is 1150. The maximum absolute atomic E-state index is 12.5. The highest BCUT2D eigenvalue weighted by Gasteiger charge is 2.29. The SMILES string of the molecule is CC(CCCCC(=O)Nc1ccc(C(F)(F)F)cc1)NCCc1cnc[nH]1.O=C(O)/C=C\C(=O)O.O=C(O)/C=C\C(=O)O. The average Bonchev–Trinajstić information content (AvgIpc) is 3.43. The molecule has 1 heterocycles. The van der Waals surface area contributed by atoms with Gasteiger partial charge < -0.3 is 36.0 Å². The Hall–Kier alpha value is -4.99. The van der Waals surface area contributed by atoms with Crippen LogP contribution < -0.4 is 10.6 Å². The molecule has 7 N–H and O–H groups in total. The molecule has 0 fully saturated rings. The summed E-state index contributed by atoms with van der Waals surface area (Å²) in [7, 11) is 0. The van der Waals surface area contributed by atoms with Crippen molar-refractivity contribution in [3.05, 3.63) is 72.4 Å². The number of amides is 1. The van der Waals surface area contributed by atoms with Gasteiger partial charge >= 0.3 is 30.1 Å². The third-order valence-corrected chi connectivity index (χ3v) is 4.97. The van der Waals surface area contributed by atoms with E-state index >= 15 is 0 Å². The van der Waals surface area contributed by atoms with Gasteiger partial charge in [-0.05, 0) is 44.0 Å². The molecule has 1 aromatic carbocycles. The molecule has 43 heavy (non-hydrogen) atoms. The van der Waals surface area contributed by atoms with Crippen molar-refractivity contribution in [1.29, 1.82) is 0 Å². The first-order valence-corrected chi connectivity index (χ1v) is 12.6. The van der Waals surface area contributed by atoms with Crippen LogP contribution in [0.2, 0.25) is 0 Å². The number of hydrogen-bond acceptors (Lipinski definition) is 7. The minimum absolute atomic E-state index is 0.186. The summed E-state index contributed by atoms with van der Waals surface area (Å²) in [6, 6.07) is 4.82. The highest BCUT2D eigenvalue weighted by molar-refractivity contribution is 5.91. The molecule has 1 amide bonds. The number of nitrogens with one attached hydrogen (secondary N) is 3. The molecular formula is C27H33F3N4O9. The lowest BCUT2D eigenvalue weighted by Gasteiger charge is -2.13. The lowest BCUT2D eigenvalue weighted by molar-refractivity contribution is -0.137. The van der Waals surface area contributed by atoms with Gasteiger partial charge in [-0.3, -0.25) is 4.79 Å². The zero-order valence-electron chi connectivity index (χ0n) is 23.0. The number of hydrogen-bond donors (Lipinski definition) is 7. The van der Waals surface area contributed by atoms with Crippen LogP contribution in [0, 0.1) is 0 Å². The first-order chi connectivity index (χ1) is 20.1. The van der Waals surface area contributed by atoms with Gasteiger partial charge in [-0.25, -0.2) is 24.2 Å². The van der Waals surface area contributed by atoms with Crippen molar-refractivity contribution >= 4 is 35.5 Å². The van der Waals surface area contributed by atoms with Crippen LogP contribution in [0.4, 0.5) is 18.9 Å². The summed E-state index contributed by atoms with van der Waals surface area (Å²) in [5.41, 5.74) is 0.742. The molecule has 0 aliphatic heterocycles. The summed E-state index contributed by atoms with van der Waals surface area (Å²) >= 11 is 0. The number of carbonyl (C=O) groups excluding carboxylic acids is 1. The summed E-state index contributed by atoms with van der Waals surface area (Å²) in [5, 5.41) is 37.3. The molecule has 16 heteroatoms. The number of aromatic nitrogens is 2. The maximum atomic E-state index is 12.5. The number of alkyl halides is 3. The second-order valence-electron chi connectivity index (χ2n) is 8.57. The Balaban J connectivity index is 0.000000903. The molecule has 0 bridgehead atoms. The van der Waals surface area contributed by atoms with E-state index in [0.29, 0.717) is 42.5 Å². The van der Waals surface area contributed by atoms with Gasteiger partial charge in [0.1, 0.15) is 0 Å². The number of benzene rings is 1. The molecule has 0 spiro atoms. The van der Waals surface area contributed by atoms with E-state index in [-0.39, 0.29) is 5.91 Å². The predicted octanol–water partition coefficient (Wildman–Crippen LogP) is 3.57. The number of nitrogens with zero attached hydrogens (tertiary/aromatic N) is 1. The molecule has 0 saturated carbocycles. The van der Waals surface area contributed by atoms with Crippen molar-refractivity contribution < 1.29 is 57.6 Å². The van der Waals surface area contributed by atoms with Gasteiger partial charge in [0, 0.05) is 67.3 Å². The van der Waals surface area contributed by atoms with Crippen LogP contribution in [0.3, 0.4) is 0 Å². The molecule has 0 radical (unpaired) electrons. The Morgan fingerprint density at radius 1 is 0.884 bits per heavy atom. The Morgan fingerprint density at radius 3 is 1.81 bits per heavy atom. The number of carboxylic acid groups (broad SMARTS) is 4. The van der Waals surface area contributed by atoms with E-state index in [1.165, 1.54) is 12.1 Å². The van der Waals surface area contributed by atoms with Gasteiger partial charge in [0.2, 0.25) is 5.91 Å². The zero-order chi connectivity index (χ0) is 32.8. The lowest BCUT2D eigenvalue weighted by Crippen LogP contribution is -2.28. The second-order valence-corrected chi connectivity index (χ2v) is 8.57. The molecule has 1 atom stereocenters. The normalized spacial score (nSPS) is 11.5.